The van der Waals surface area contributed by atoms with Crippen molar-refractivity contribution in [2.75, 3.05) is 0 Å². The molecule has 120 valence electrons. The Morgan fingerprint density at radius 1 is 1.39 bits per heavy atom. The summed E-state index contributed by atoms with van der Waals surface area (Å²) in [6, 6.07) is 7.44. The van der Waals surface area contributed by atoms with Gasteiger partial charge in [-0.2, -0.15) is 4.98 Å². The number of hydrogen-bond acceptors (Lipinski definition) is 6. The summed E-state index contributed by atoms with van der Waals surface area (Å²) in [6.45, 7) is 3.76. The fraction of sp³-hybridized carbons (Fsp3) is 0.312. The molecule has 1 unspecified atom stereocenters. The molecular formula is C16H17N3O3S. The maximum absolute atomic E-state index is 12.0. The third kappa shape index (κ3) is 3.87. The van der Waals surface area contributed by atoms with Crippen molar-refractivity contribution in [3.8, 4) is 10.7 Å². The van der Waals surface area contributed by atoms with Crippen molar-refractivity contribution in [2.24, 2.45) is 0 Å². The number of nitrogens with one attached hydrogen (secondary N) is 1. The Hall–Kier alpha value is -2.41. The van der Waals surface area contributed by atoms with Crippen LogP contribution in [-0.2, 0) is 11.2 Å². The summed E-state index contributed by atoms with van der Waals surface area (Å²) in [6.07, 6.45) is 0.699. The van der Waals surface area contributed by atoms with Gasteiger partial charge in [-0.05, 0) is 37.4 Å². The molecule has 0 saturated carbocycles. The Bertz CT molecular complexity index is 776. The second-order valence-electron chi connectivity index (χ2n) is 5.23. The van der Waals surface area contributed by atoms with Crippen LogP contribution >= 0.6 is 11.3 Å². The van der Waals surface area contributed by atoms with E-state index in [0.29, 0.717) is 18.1 Å². The Labute approximate surface area is 137 Å². The Morgan fingerprint density at radius 2 is 2.26 bits per heavy atom. The summed E-state index contributed by atoms with van der Waals surface area (Å²) in [5, 5.41) is 8.77. The van der Waals surface area contributed by atoms with Crippen LogP contribution in [0.1, 0.15) is 36.8 Å². The van der Waals surface area contributed by atoms with Crippen molar-refractivity contribution in [3.63, 3.8) is 0 Å². The van der Waals surface area contributed by atoms with Crippen LogP contribution in [0.25, 0.3) is 10.7 Å². The predicted octanol–water partition coefficient (Wildman–Crippen LogP) is 3.51. The minimum absolute atomic E-state index is 0.0811. The van der Waals surface area contributed by atoms with Crippen LogP contribution in [0.3, 0.4) is 0 Å². The van der Waals surface area contributed by atoms with Crippen molar-refractivity contribution in [1.29, 1.82) is 0 Å². The molecule has 0 saturated heterocycles. The minimum atomic E-state index is -0.166. The molecule has 0 aliphatic carbocycles. The van der Waals surface area contributed by atoms with Gasteiger partial charge in [-0.15, -0.1) is 11.3 Å². The molecule has 3 aromatic heterocycles. The maximum Gasteiger partial charge on any atom is 0.227 e. The molecule has 0 aromatic carbocycles. The summed E-state index contributed by atoms with van der Waals surface area (Å²) in [7, 11) is 0. The molecule has 1 atom stereocenters. The van der Waals surface area contributed by atoms with Crippen LogP contribution in [0.5, 0.6) is 0 Å². The molecule has 0 aliphatic rings. The zero-order valence-electron chi connectivity index (χ0n) is 12.9. The van der Waals surface area contributed by atoms with E-state index in [1.165, 1.54) is 0 Å². The SMILES string of the molecule is Cc1ccc(C(C)NC(=O)CCc2nc(-c3cccs3)no2)o1. The molecule has 0 fully saturated rings. The average molecular weight is 331 g/mol. The monoisotopic (exact) mass is 331 g/mol. The normalized spacial score (nSPS) is 12.3. The summed E-state index contributed by atoms with van der Waals surface area (Å²) in [5.74, 6) is 2.52. The standard InChI is InChI=1S/C16H17N3O3S/c1-10-5-6-12(21-10)11(2)17-14(20)7-8-15-18-16(19-22-15)13-4-3-9-23-13/h3-6,9,11H,7-8H2,1-2H3,(H,17,20). The number of furan rings is 1. The first-order valence-electron chi connectivity index (χ1n) is 7.34. The van der Waals surface area contributed by atoms with Gasteiger partial charge in [0.2, 0.25) is 17.6 Å². The van der Waals surface area contributed by atoms with E-state index in [2.05, 4.69) is 15.5 Å². The number of amides is 1. The Balaban J connectivity index is 1.51. The molecule has 23 heavy (non-hydrogen) atoms. The van der Waals surface area contributed by atoms with Gasteiger partial charge in [-0.3, -0.25) is 4.79 Å². The summed E-state index contributed by atoms with van der Waals surface area (Å²) in [4.78, 5) is 17.3. The molecule has 6 nitrogen and oxygen atoms in total. The highest BCUT2D eigenvalue weighted by Crippen LogP contribution is 2.21. The van der Waals surface area contributed by atoms with Gasteiger partial charge in [-0.1, -0.05) is 11.2 Å². The molecule has 1 N–H and O–H groups in total. The maximum atomic E-state index is 12.0. The van der Waals surface area contributed by atoms with Crippen LogP contribution in [0.15, 0.2) is 38.6 Å². The fourth-order valence-corrected chi connectivity index (χ4v) is 2.80. The minimum Gasteiger partial charge on any atom is -0.464 e. The van der Waals surface area contributed by atoms with Crippen LogP contribution < -0.4 is 5.32 Å². The average Bonchev–Trinajstić information content (AvgIpc) is 3.26. The molecule has 0 aliphatic heterocycles. The number of aromatic nitrogens is 2. The van der Waals surface area contributed by atoms with Gasteiger partial charge in [0, 0.05) is 12.8 Å². The van der Waals surface area contributed by atoms with Gasteiger partial charge >= 0.3 is 0 Å². The summed E-state index contributed by atoms with van der Waals surface area (Å²) < 4.78 is 10.7. The summed E-state index contributed by atoms with van der Waals surface area (Å²) in [5.41, 5.74) is 0. The van der Waals surface area contributed by atoms with Gasteiger partial charge in [0.05, 0.1) is 10.9 Å². The lowest BCUT2D eigenvalue weighted by molar-refractivity contribution is -0.121. The number of nitrogens with zero attached hydrogens (tertiary/aromatic N) is 2. The lowest BCUT2D eigenvalue weighted by Gasteiger charge is -2.10. The number of carbonyl (C=O) groups excluding carboxylic acids is 1. The molecule has 1 amide bonds. The van der Waals surface area contributed by atoms with Crippen LogP contribution in [0.4, 0.5) is 0 Å². The highest BCUT2D eigenvalue weighted by atomic mass is 32.1. The van der Waals surface area contributed by atoms with Crippen molar-refractivity contribution >= 4 is 17.2 Å². The lowest BCUT2D eigenvalue weighted by Crippen LogP contribution is -2.26. The van der Waals surface area contributed by atoms with Gasteiger partial charge in [0.15, 0.2) is 0 Å². The highest BCUT2D eigenvalue weighted by molar-refractivity contribution is 7.13. The van der Waals surface area contributed by atoms with E-state index in [1.807, 2.05) is 43.5 Å². The van der Waals surface area contributed by atoms with E-state index >= 15 is 0 Å². The first-order chi connectivity index (χ1) is 11.1. The number of thiophene rings is 1. The smallest absolute Gasteiger partial charge is 0.227 e. The number of rotatable bonds is 6. The van der Waals surface area contributed by atoms with Gasteiger partial charge < -0.3 is 14.3 Å². The van der Waals surface area contributed by atoms with Crippen LogP contribution in [0.2, 0.25) is 0 Å². The molecule has 3 aromatic rings. The van der Waals surface area contributed by atoms with Gasteiger partial charge in [0.25, 0.3) is 0 Å². The molecule has 0 bridgehead atoms. The van der Waals surface area contributed by atoms with Crippen LogP contribution in [0, 0.1) is 6.92 Å². The molecule has 3 heterocycles. The quantitative estimate of drug-likeness (QED) is 0.747. The zero-order valence-corrected chi connectivity index (χ0v) is 13.7. The number of aryl methyl sites for hydroxylation is 2. The first-order valence-corrected chi connectivity index (χ1v) is 8.22. The van der Waals surface area contributed by atoms with Crippen molar-refractivity contribution in [3.05, 3.63) is 47.1 Å². The highest BCUT2D eigenvalue weighted by Gasteiger charge is 2.15. The van der Waals surface area contributed by atoms with E-state index in [4.69, 9.17) is 8.94 Å². The number of hydrogen-bond donors (Lipinski definition) is 1. The van der Waals surface area contributed by atoms with E-state index in [9.17, 15) is 4.79 Å². The molecule has 0 spiro atoms. The van der Waals surface area contributed by atoms with Gasteiger partial charge in [0.1, 0.15) is 11.5 Å². The lowest BCUT2D eigenvalue weighted by atomic mass is 10.2. The van der Waals surface area contributed by atoms with E-state index in [1.54, 1.807) is 11.3 Å². The zero-order chi connectivity index (χ0) is 16.2. The molecule has 7 heteroatoms. The summed E-state index contributed by atoms with van der Waals surface area (Å²) >= 11 is 1.55. The topological polar surface area (TPSA) is 81.2 Å². The second-order valence-corrected chi connectivity index (χ2v) is 6.17. The number of carbonyl (C=O) groups is 1. The molecule has 0 radical (unpaired) electrons. The van der Waals surface area contributed by atoms with Crippen molar-refractivity contribution in [2.45, 2.75) is 32.7 Å². The molecular weight excluding hydrogens is 314 g/mol. The van der Waals surface area contributed by atoms with E-state index in [0.717, 1.165) is 16.4 Å². The third-order valence-electron chi connectivity index (χ3n) is 3.34. The largest absolute Gasteiger partial charge is 0.464 e. The van der Waals surface area contributed by atoms with Crippen LogP contribution in [-0.4, -0.2) is 16.0 Å². The second kappa shape index (κ2) is 6.78. The van der Waals surface area contributed by atoms with Gasteiger partial charge in [-0.25, -0.2) is 0 Å². The fourth-order valence-electron chi connectivity index (χ4n) is 2.15. The van der Waals surface area contributed by atoms with Crippen molar-refractivity contribution in [1.82, 2.24) is 15.5 Å². The first kappa shape index (κ1) is 15.5. The Morgan fingerprint density at radius 3 is 2.96 bits per heavy atom. The predicted molar refractivity (Wildman–Crippen MR) is 85.9 cm³/mol. The van der Waals surface area contributed by atoms with E-state index in [-0.39, 0.29) is 18.4 Å². The van der Waals surface area contributed by atoms with Crippen molar-refractivity contribution < 1.29 is 13.7 Å². The Kier molecular flexibility index (Phi) is 4.57. The third-order valence-corrected chi connectivity index (χ3v) is 4.21. The van der Waals surface area contributed by atoms with E-state index < -0.39 is 0 Å². The molecule has 3 rings (SSSR count).